The number of hydrogen-bond donors (Lipinski definition) is 4. The summed E-state index contributed by atoms with van der Waals surface area (Å²) in [7, 11) is 0. The van der Waals surface area contributed by atoms with Gasteiger partial charge in [-0.25, -0.2) is 10.5 Å². The summed E-state index contributed by atoms with van der Waals surface area (Å²) in [5.74, 6) is 0.496. The van der Waals surface area contributed by atoms with Crippen LogP contribution < -0.4 is 16.1 Å². The third-order valence-electron chi connectivity index (χ3n) is 6.55. The number of hydroxylamine groups is 1. The van der Waals surface area contributed by atoms with E-state index in [0.29, 0.717) is 17.3 Å². The van der Waals surface area contributed by atoms with Crippen LogP contribution in [-0.2, 0) is 17.6 Å². The number of aryl methyl sites for hydroxylation is 1. The summed E-state index contributed by atoms with van der Waals surface area (Å²) in [4.78, 5) is 28.8. The fraction of sp³-hybridized carbons (Fsp3) is 0.435. The molecule has 1 atom stereocenters. The first-order valence-corrected chi connectivity index (χ1v) is 10.5. The maximum Gasteiger partial charge on any atom is 0.274 e. The number of benzene rings is 1. The number of pyridine rings is 1. The second-order valence-electron chi connectivity index (χ2n) is 8.60. The van der Waals surface area contributed by atoms with E-state index in [4.69, 9.17) is 5.21 Å². The predicted molar refractivity (Wildman–Crippen MR) is 114 cm³/mol. The van der Waals surface area contributed by atoms with Gasteiger partial charge in [0.1, 0.15) is 5.82 Å². The second-order valence-corrected chi connectivity index (χ2v) is 8.60. The van der Waals surface area contributed by atoms with Gasteiger partial charge in [-0.2, -0.15) is 0 Å². The first-order chi connectivity index (χ1) is 14.5. The van der Waals surface area contributed by atoms with Gasteiger partial charge in [0.15, 0.2) is 0 Å². The third-order valence-corrected chi connectivity index (χ3v) is 6.55. The zero-order valence-corrected chi connectivity index (χ0v) is 17.2. The molecule has 1 unspecified atom stereocenters. The van der Waals surface area contributed by atoms with Crippen LogP contribution in [0.5, 0.6) is 0 Å². The van der Waals surface area contributed by atoms with Crippen molar-refractivity contribution in [3.05, 3.63) is 58.8 Å². The lowest BCUT2D eigenvalue weighted by molar-refractivity contribution is -0.126. The number of amides is 2. The van der Waals surface area contributed by atoms with Crippen LogP contribution in [0.15, 0.2) is 36.5 Å². The van der Waals surface area contributed by atoms with Crippen molar-refractivity contribution >= 4 is 17.6 Å². The molecule has 2 amide bonds. The Labute approximate surface area is 176 Å². The highest BCUT2D eigenvalue weighted by Gasteiger charge is 2.34. The molecular weight excluding hydrogens is 380 g/mol. The molecule has 1 aromatic heterocycles. The molecule has 4 rings (SSSR count). The highest BCUT2D eigenvalue weighted by atomic mass is 16.5. The first kappa shape index (κ1) is 20.5. The summed E-state index contributed by atoms with van der Waals surface area (Å²) < 4.78 is 0. The molecular formula is C23H28N4O3. The molecule has 0 radical (unpaired) electrons. The van der Waals surface area contributed by atoms with Crippen molar-refractivity contribution < 1.29 is 14.8 Å². The Kier molecular flexibility index (Phi) is 5.83. The van der Waals surface area contributed by atoms with Crippen LogP contribution in [0.25, 0.3) is 0 Å². The third kappa shape index (κ3) is 4.22. The number of carbonyl (C=O) groups excluding carboxylic acids is 2. The number of nitrogens with zero attached hydrogens (tertiary/aromatic N) is 1. The topological polar surface area (TPSA) is 103 Å². The molecule has 2 aromatic rings. The van der Waals surface area contributed by atoms with Crippen LogP contribution in [0.1, 0.15) is 59.2 Å². The van der Waals surface area contributed by atoms with Crippen molar-refractivity contribution in [3.63, 3.8) is 0 Å². The Morgan fingerprint density at radius 1 is 1.17 bits per heavy atom. The Morgan fingerprint density at radius 2 is 1.97 bits per heavy atom. The first-order valence-electron chi connectivity index (χ1n) is 10.5. The Hall–Kier alpha value is -2.77. The maximum atomic E-state index is 12.8. The molecule has 7 nitrogen and oxygen atoms in total. The minimum atomic E-state index is -0.489. The largest absolute Gasteiger partial charge is 0.317 e. The summed E-state index contributed by atoms with van der Waals surface area (Å²) >= 11 is 0. The molecule has 7 heteroatoms. The molecule has 1 saturated heterocycles. The smallest absolute Gasteiger partial charge is 0.274 e. The summed E-state index contributed by atoms with van der Waals surface area (Å²) in [5, 5.41) is 15.2. The molecule has 1 aliphatic carbocycles. The van der Waals surface area contributed by atoms with Gasteiger partial charge in [0.05, 0.1) is 0 Å². The lowest BCUT2D eigenvalue weighted by Crippen LogP contribution is -2.43. The van der Waals surface area contributed by atoms with Gasteiger partial charge in [0.2, 0.25) is 5.91 Å². The van der Waals surface area contributed by atoms with Gasteiger partial charge in [0, 0.05) is 17.2 Å². The van der Waals surface area contributed by atoms with Crippen molar-refractivity contribution in [2.45, 2.75) is 44.9 Å². The average molecular weight is 409 g/mol. The van der Waals surface area contributed by atoms with E-state index in [1.807, 2.05) is 31.2 Å². The van der Waals surface area contributed by atoms with Crippen LogP contribution in [-0.4, -0.2) is 35.1 Å². The normalized spacial score (nSPS) is 20.1. The van der Waals surface area contributed by atoms with E-state index in [1.54, 1.807) is 17.7 Å². The zero-order chi connectivity index (χ0) is 21.1. The van der Waals surface area contributed by atoms with Crippen LogP contribution in [0.2, 0.25) is 0 Å². The Bertz CT molecular complexity index is 953. The van der Waals surface area contributed by atoms with E-state index >= 15 is 0 Å². The molecule has 1 fully saturated rings. The average Bonchev–Trinajstić information content (AvgIpc) is 2.78. The van der Waals surface area contributed by atoms with Crippen molar-refractivity contribution in [1.29, 1.82) is 0 Å². The molecule has 0 bridgehead atoms. The zero-order valence-electron chi connectivity index (χ0n) is 17.2. The van der Waals surface area contributed by atoms with E-state index in [1.165, 1.54) is 11.1 Å². The van der Waals surface area contributed by atoms with Crippen LogP contribution >= 0.6 is 0 Å². The summed E-state index contributed by atoms with van der Waals surface area (Å²) in [6, 6.07) is 9.57. The fourth-order valence-electron chi connectivity index (χ4n) is 4.49. The summed E-state index contributed by atoms with van der Waals surface area (Å²) in [6.07, 6.45) is 6.11. The lowest BCUT2D eigenvalue weighted by atomic mass is 9.79. The predicted octanol–water partition coefficient (Wildman–Crippen LogP) is 2.80. The number of piperidine rings is 1. The summed E-state index contributed by atoms with van der Waals surface area (Å²) in [6.45, 7) is 3.75. The van der Waals surface area contributed by atoms with Crippen molar-refractivity contribution in [3.8, 4) is 0 Å². The number of fused-ring (bicyclic) bond motifs is 1. The summed E-state index contributed by atoms with van der Waals surface area (Å²) in [5.41, 5.74) is 5.32. The number of rotatable bonds is 4. The van der Waals surface area contributed by atoms with Crippen molar-refractivity contribution in [1.82, 2.24) is 15.8 Å². The molecule has 0 spiro atoms. The van der Waals surface area contributed by atoms with Crippen molar-refractivity contribution in [2.24, 2.45) is 5.41 Å². The minimum Gasteiger partial charge on any atom is -0.317 e. The number of carbonyl (C=O) groups is 2. The van der Waals surface area contributed by atoms with E-state index in [2.05, 4.69) is 15.6 Å². The number of hydrogen-bond acceptors (Lipinski definition) is 5. The molecule has 0 saturated carbocycles. The second kappa shape index (κ2) is 8.53. The molecule has 1 aliphatic heterocycles. The quantitative estimate of drug-likeness (QED) is 0.460. The van der Waals surface area contributed by atoms with E-state index in [0.717, 1.165) is 50.8 Å². The van der Waals surface area contributed by atoms with E-state index < -0.39 is 5.91 Å². The molecule has 4 N–H and O–H groups in total. The standard InChI is InChI=1S/C23H28N4O3/c1-23(7-10-24-11-8-23)22(29)26-20-14-18(6-9-25-20)16-2-3-17-13-19(21(28)27-30)5-4-15(17)12-16/h4-6,9,13-14,16,24,30H,2-3,7-8,10-12H2,1H3,(H,27,28)(H,25,26,29). The van der Waals surface area contributed by atoms with Crippen molar-refractivity contribution in [2.75, 3.05) is 18.4 Å². The fourth-order valence-corrected chi connectivity index (χ4v) is 4.49. The van der Waals surface area contributed by atoms with Gasteiger partial charge in [0.25, 0.3) is 5.91 Å². The van der Waals surface area contributed by atoms with E-state index in [9.17, 15) is 9.59 Å². The van der Waals surface area contributed by atoms with Crippen LogP contribution in [0, 0.1) is 5.41 Å². The molecule has 1 aromatic carbocycles. The lowest BCUT2D eigenvalue weighted by Gasteiger charge is -2.32. The maximum absolute atomic E-state index is 12.8. The number of aromatic nitrogens is 1. The van der Waals surface area contributed by atoms with Gasteiger partial charge in [-0.15, -0.1) is 0 Å². The Morgan fingerprint density at radius 3 is 2.73 bits per heavy atom. The Balaban J connectivity index is 1.47. The molecule has 2 aliphatic rings. The molecule has 2 heterocycles. The van der Waals surface area contributed by atoms with Gasteiger partial charge in [-0.05, 0) is 92.1 Å². The highest BCUT2D eigenvalue weighted by Crippen LogP contribution is 2.34. The van der Waals surface area contributed by atoms with Crippen LogP contribution in [0.4, 0.5) is 5.82 Å². The number of nitrogens with one attached hydrogen (secondary N) is 3. The van der Waals surface area contributed by atoms with E-state index in [-0.39, 0.29) is 11.3 Å². The van der Waals surface area contributed by atoms with Gasteiger partial charge >= 0.3 is 0 Å². The van der Waals surface area contributed by atoms with Gasteiger partial charge in [-0.3, -0.25) is 14.8 Å². The van der Waals surface area contributed by atoms with Gasteiger partial charge in [-0.1, -0.05) is 13.0 Å². The minimum absolute atomic E-state index is 0.0392. The molecule has 30 heavy (non-hydrogen) atoms. The highest BCUT2D eigenvalue weighted by molar-refractivity contribution is 5.94. The van der Waals surface area contributed by atoms with Gasteiger partial charge < -0.3 is 10.6 Å². The van der Waals surface area contributed by atoms with Crippen LogP contribution in [0.3, 0.4) is 0 Å². The SMILES string of the molecule is CC1(C(=O)Nc2cc(C3CCc4cc(C(=O)NO)ccc4C3)ccn2)CCNCC1. The monoisotopic (exact) mass is 408 g/mol. The number of anilines is 1. The molecule has 158 valence electrons.